The summed E-state index contributed by atoms with van der Waals surface area (Å²) < 4.78 is 56.5. The van der Waals surface area contributed by atoms with Crippen molar-refractivity contribution < 1.29 is 27.4 Å². The molecule has 3 N–H and O–H groups in total. The number of benzene rings is 1. The Balaban J connectivity index is 3.06. The molecule has 114 valence electrons. The zero-order valence-corrected chi connectivity index (χ0v) is 11.1. The van der Waals surface area contributed by atoms with Crippen molar-refractivity contribution in [1.29, 1.82) is 0 Å². The molecule has 0 aliphatic heterocycles. The molecule has 0 bridgehead atoms. The van der Waals surface area contributed by atoms with E-state index in [0.29, 0.717) is 6.07 Å². The molecule has 1 aromatic carbocycles. The molecule has 20 heavy (non-hydrogen) atoms. The predicted octanol–water partition coefficient (Wildman–Crippen LogP) is 2.63. The maximum absolute atomic E-state index is 13.3. The van der Waals surface area contributed by atoms with E-state index in [1.54, 1.807) is 6.92 Å². The van der Waals surface area contributed by atoms with Crippen molar-refractivity contribution >= 4 is 0 Å². The normalized spacial score (nSPS) is 16.8. The van der Waals surface area contributed by atoms with Crippen LogP contribution in [0.5, 0.6) is 0 Å². The fraction of sp³-hybridized carbons (Fsp3) is 0.538. The lowest BCUT2D eigenvalue weighted by Gasteiger charge is -2.24. The minimum absolute atomic E-state index is 0.00711. The van der Waals surface area contributed by atoms with Crippen LogP contribution in [0.25, 0.3) is 0 Å². The number of rotatable bonds is 5. The Morgan fingerprint density at radius 1 is 1.25 bits per heavy atom. The van der Waals surface area contributed by atoms with E-state index in [1.165, 1.54) is 6.92 Å². The Labute approximate surface area is 114 Å². The van der Waals surface area contributed by atoms with Gasteiger partial charge in [0.05, 0.1) is 23.9 Å². The number of ether oxygens (including phenoxy) is 1. The van der Waals surface area contributed by atoms with Gasteiger partial charge in [0.25, 0.3) is 0 Å². The third-order valence-electron chi connectivity index (χ3n) is 2.89. The summed E-state index contributed by atoms with van der Waals surface area (Å²) in [4.78, 5) is 0. The van der Waals surface area contributed by atoms with Crippen LogP contribution in [-0.2, 0) is 10.9 Å². The molecule has 1 aromatic rings. The number of hydrogen-bond donors (Lipinski definition) is 2. The van der Waals surface area contributed by atoms with Crippen molar-refractivity contribution in [3.8, 4) is 0 Å². The lowest BCUT2D eigenvalue weighted by Crippen LogP contribution is -2.28. The van der Waals surface area contributed by atoms with E-state index in [-0.39, 0.29) is 12.1 Å². The third-order valence-corrected chi connectivity index (χ3v) is 2.89. The minimum Gasteiger partial charge on any atom is -0.391 e. The number of alkyl halides is 3. The molecule has 0 amide bonds. The number of hydrogen-bond acceptors (Lipinski definition) is 3. The van der Waals surface area contributed by atoms with Gasteiger partial charge in [-0.3, -0.25) is 0 Å². The largest absolute Gasteiger partial charge is 0.416 e. The molecule has 0 aliphatic rings. The first-order chi connectivity index (χ1) is 9.15. The molecule has 0 saturated carbocycles. The number of nitrogens with two attached hydrogens (primary N) is 1. The van der Waals surface area contributed by atoms with Gasteiger partial charge in [-0.15, -0.1) is 0 Å². The van der Waals surface area contributed by atoms with Gasteiger partial charge in [0.2, 0.25) is 0 Å². The molecule has 0 fully saturated rings. The van der Waals surface area contributed by atoms with Gasteiger partial charge in [0, 0.05) is 6.54 Å². The summed E-state index contributed by atoms with van der Waals surface area (Å²) in [5.74, 6) is -1.01. The van der Waals surface area contributed by atoms with Gasteiger partial charge in [0.15, 0.2) is 0 Å². The van der Waals surface area contributed by atoms with E-state index in [2.05, 4.69) is 0 Å². The van der Waals surface area contributed by atoms with Crippen LogP contribution in [0.1, 0.15) is 31.1 Å². The second-order valence-corrected chi connectivity index (χ2v) is 4.58. The van der Waals surface area contributed by atoms with Gasteiger partial charge in [-0.1, -0.05) is 0 Å². The van der Waals surface area contributed by atoms with Crippen LogP contribution in [0.3, 0.4) is 0 Å². The summed E-state index contributed by atoms with van der Waals surface area (Å²) in [6, 6.07) is 2.16. The van der Waals surface area contributed by atoms with Crippen LogP contribution in [0.2, 0.25) is 0 Å². The van der Waals surface area contributed by atoms with E-state index < -0.39 is 35.9 Å². The number of aliphatic hydroxyl groups is 1. The van der Waals surface area contributed by atoms with Crippen molar-refractivity contribution in [2.75, 3.05) is 6.54 Å². The molecule has 7 heteroatoms. The molecular formula is C13H17F4NO2. The lowest BCUT2D eigenvalue weighted by atomic mass is 10.0. The average Bonchev–Trinajstić information content (AvgIpc) is 2.33. The van der Waals surface area contributed by atoms with Crippen molar-refractivity contribution in [2.45, 2.75) is 38.3 Å². The Bertz CT molecular complexity index is 448. The monoisotopic (exact) mass is 295 g/mol. The zero-order chi connectivity index (χ0) is 15.5. The molecule has 0 saturated heterocycles. The minimum atomic E-state index is -4.65. The van der Waals surface area contributed by atoms with Gasteiger partial charge in [-0.25, -0.2) is 4.39 Å². The molecule has 0 aliphatic carbocycles. The van der Waals surface area contributed by atoms with E-state index in [4.69, 9.17) is 10.5 Å². The van der Waals surface area contributed by atoms with Crippen LogP contribution in [0.15, 0.2) is 18.2 Å². The van der Waals surface area contributed by atoms with E-state index in [0.717, 1.165) is 12.1 Å². The second-order valence-electron chi connectivity index (χ2n) is 4.58. The molecule has 0 spiro atoms. The zero-order valence-electron chi connectivity index (χ0n) is 11.1. The van der Waals surface area contributed by atoms with Crippen LogP contribution in [-0.4, -0.2) is 23.9 Å². The first-order valence-corrected chi connectivity index (χ1v) is 6.06. The van der Waals surface area contributed by atoms with Crippen molar-refractivity contribution in [2.24, 2.45) is 5.73 Å². The fourth-order valence-electron chi connectivity index (χ4n) is 1.60. The van der Waals surface area contributed by atoms with E-state index >= 15 is 0 Å². The molecule has 0 heterocycles. The molecule has 0 radical (unpaired) electrons. The Kier molecular flexibility index (Phi) is 5.50. The first-order valence-electron chi connectivity index (χ1n) is 6.06. The second kappa shape index (κ2) is 6.51. The summed E-state index contributed by atoms with van der Waals surface area (Å²) in [5, 5.41) is 9.33. The van der Waals surface area contributed by atoms with E-state index in [1.807, 2.05) is 0 Å². The van der Waals surface area contributed by atoms with Crippen LogP contribution >= 0.6 is 0 Å². The molecule has 1 rings (SSSR count). The van der Waals surface area contributed by atoms with Crippen molar-refractivity contribution in [3.63, 3.8) is 0 Å². The van der Waals surface area contributed by atoms with Crippen LogP contribution in [0, 0.1) is 5.82 Å². The molecule has 3 atom stereocenters. The summed E-state index contributed by atoms with van der Waals surface area (Å²) in [6.45, 7) is 2.90. The number of halogens is 4. The predicted molar refractivity (Wildman–Crippen MR) is 65.4 cm³/mol. The van der Waals surface area contributed by atoms with Gasteiger partial charge in [0.1, 0.15) is 5.82 Å². The highest BCUT2D eigenvalue weighted by atomic mass is 19.4. The Hall–Kier alpha value is -1.18. The van der Waals surface area contributed by atoms with E-state index in [9.17, 15) is 22.7 Å². The topological polar surface area (TPSA) is 55.5 Å². The Morgan fingerprint density at radius 3 is 2.30 bits per heavy atom. The Morgan fingerprint density at radius 2 is 1.85 bits per heavy atom. The van der Waals surface area contributed by atoms with Crippen molar-refractivity contribution in [3.05, 3.63) is 35.1 Å². The highest BCUT2D eigenvalue weighted by Crippen LogP contribution is 2.32. The average molecular weight is 295 g/mol. The summed E-state index contributed by atoms with van der Waals surface area (Å²) in [5.41, 5.74) is 4.35. The van der Waals surface area contributed by atoms with Gasteiger partial charge < -0.3 is 15.6 Å². The molecule has 3 nitrogen and oxygen atoms in total. The summed E-state index contributed by atoms with van der Waals surface area (Å²) in [7, 11) is 0. The van der Waals surface area contributed by atoms with Gasteiger partial charge in [-0.05, 0) is 37.6 Å². The van der Waals surface area contributed by atoms with Crippen LogP contribution in [0.4, 0.5) is 17.6 Å². The number of aliphatic hydroxyl groups excluding tert-OH is 1. The maximum Gasteiger partial charge on any atom is 0.416 e. The quantitative estimate of drug-likeness (QED) is 0.821. The van der Waals surface area contributed by atoms with Gasteiger partial charge in [-0.2, -0.15) is 13.2 Å². The molecule has 0 aromatic heterocycles. The smallest absolute Gasteiger partial charge is 0.391 e. The van der Waals surface area contributed by atoms with Crippen LogP contribution < -0.4 is 5.73 Å². The molecular weight excluding hydrogens is 278 g/mol. The summed E-state index contributed by atoms with van der Waals surface area (Å²) in [6.07, 6.45) is -7.02. The third kappa shape index (κ3) is 4.43. The standard InChI is InChI=1S/C13H17F4NO2/c1-7(19)8(2)20-12(6-18)9-3-10(13(15,16)17)5-11(14)4-9/h3-5,7-8,12,19H,6,18H2,1-2H3. The highest BCUT2D eigenvalue weighted by Gasteiger charge is 2.32. The highest BCUT2D eigenvalue weighted by molar-refractivity contribution is 5.28. The SMILES string of the molecule is CC(O)C(C)OC(CN)c1cc(F)cc(C(F)(F)F)c1. The lowest BCUT2D eigenvalue weighted by molar-refractivity contribution is -0.138. The first kappa shape index (κ1) is 16.9. The fourth-order valence-corrected chi connectivity index (χ4v) is 1.60. The van der Waals surface area contributed by atoms with Crippen molar-refractivity contribution in [1.82, 2.24) is 0 Å². The summed E-state index contributed by atoms with van der Waals surface area (Å²) >= 11 is 0. The van der Waals surface area contributed by atoms with Gasteiger partial charge >= 0.3 is 6.18 Å². The maximum atomic E-state index is 13.3. The molecule has 3 unspecified atom stereocenters.